The van der Waals surface area contributed by atoms with Crippen LogP contribution in [0.15, 0.2) is 12.1 Å². The molecule has 1 saturated heterocycles. The SMILES string of the molecule is COc1cc(CCCN2CC(C)OC(C)C2)cc(N)c1OC. The summed E-state index contributed by atoms with van der Waals surface area (Å²) < 4.78 is 16.4. The Bertz CT molecular complexity index is 483. The van der Waals surface area contributed by atoms with Crippen LogP contribution in [0.2, 0.25) is 0 Å². The second-order valence-electron chi connectivity index (χ2n) is 6.04. The minimum atomic E-state index is 0.320. The second-order valence-corrected chi connectivity index (χ2v) is 6.04. The Balaban J connectivity index is 1.90. The van der Waals surface area contributed by atoms with Gasteiger partial charge in [-0.2, -0.15) is 0 Å². The molecular formula is C17H28N2O3. The normalized spacial score (nSPS) is 22.5. The molecule has 0 radical (unpaired) electrons. The van der Waals surface area contributed by atoms with Gasteiger partial charge in [-0.25, -0.2) is 0 Å². The molecule has 2 atom stereocenters. The number of benzene rings is 1. The Hall–Kier alpha value is -1.46. The van der Waals surface area contributed by atoms with Crippen molar-refractivity contribution in [1.29, 1.82) is 0 Å². The van der Waals surface area contributed by atoms with Crippen LogP contribution < -0.4 is 15.2 Å². The number of methoxy groups -OCH3 is 2. The molecule has 0 aromatic heterocycles. The summed E-state index contributed by atoms with van der Waals surface area (Å²) in [6.07, 6.45) is 2.71. The third-order valence-electron chi connectivity index (χ3n) is 4.00. The molecule has 5 nitrogen and oxygen atoms in total. The van der Waals surface area contributed by atoms with E-state index in [0.717, 1.165) is 32.5 Å². The van der Waals surface area contributed by atoms with Crippen molar-refractivity contribution in [3.8, 4) is 11.5 Å². The topological polar surface area (TPSA) is 57.0 Å². The number of ether oxygens (including phenoxy) is 3. The van der Waals surface area contributed by atoms with Gasteiger partial charge < -0.3 is 19.9 Å². The molecule has 22 heavy (non-hydrogen) atoms. The van der Waals surface area contributed by atoms with Gasteiger partial charge in [-0.15, -0.1) is 0 Å². The van der Waals surface area contributed by atoms with Gasteiger partial charge in [0.15, 0.2) is 11.5 Å². The zero-order chi connectivity index (χ0) is 16.1. The highest BCUT2D eigenvalue weighted by molar-refractivity contribution is 5.62. The largest absolute Gasteiger partial charge is 0.493 e. The van der Waals surface area contributed by atoms with Crippen molar-refractivity contribution in [2.24, 2.45) is 0 Å². The van der Waals surface area contributed by atoms with Crippen molar-refractivity contribution >= 4 is 5.69 Å². The minimum absolute atomic E-state index is 0.320. The lowest BCUT2D eigenvalue weighted by molar-refractivity contribution is -0.0680. The summed E-state index contributed by atoms with van der Waals surface area (Å²) in [6, 6.07) is 3.99. The second kappa shape index (κ2) is 7.70. The van der Waals surface area contributed by atoms with E-state index in [4.69, 9.17) is 19.9 Å². The van der Waals surface area contributed by atoms with Crippen LogP contribution >= 0.6 is 0 Å². The maximum absolute atomic E-state index is 6.03. The lowest BCUT2D eigenvalue weighted by Gasteiger charge is -2.35. The number of hydrogen-bond acceptors (Lipinski definition) is 5. The number of nitrogen functional groups attached to an aromatic ring is 1. The first-order valence-corrected chi connectivity index (χ1v) is 7.91. The maximum atomic E-state index is 6.03. The van der Waals surface area contributed by atoms with Crippen molar-refractivity contribution in [2.75, 3.05) is 39.6 Å². The van der Waals surface area contributed by atoms with E-state index < -0.39 is 0 Å². The van der Waals surface area contributed by atoms with Crippen LogP contribution in [0, 0.1) is 0 Å². The molecule has 2 rings (SSSR count). The van der Waals surface area contributed by atoms with Gasteiger partial charge in [-0.05, 0) is 50.9 Å². The number of hydrogen-bond donors (Lipinski definition) is 1. The van der Waals surface area contributed by atoms with Crippen LogP contribution in [0.4, 0.5) is 5.69 Å². The predicted octanol–water partition coefficient (Wildman–Crippen LogP) is 2.33. The summed E-state index contributed by atoms with van der Waals surface area (Å²) in [5.74, 6) is 1.31. The Morgan fingerprint density at radius 1 is 1.18 bits per heavy atom. The first-order valence-electron chi connectivity index (χ1n) is 7.91. The monoisotopic (exact) mass is 308 g/mol. The molecule has 0 aliphatic carbocycles. The average molecular weight is 308 g/mol. The van der Waals surface area contributed by atoms with Gasteiger partial charge in [0.2, 0.25) is 0 Å². The van der Waals surface area contributed by atoms with Crippen molar-refractivity contribution in [1.82, 2.24) is 4.90 Å². The molecule has 1 aliphatic rings. The zero-order valence-electron chi connectivity index (χ0n) is 14.1. The minimum Gasteiger partial charge on any atom is -0.493 e. The number of nitrogens with two attached hydrogens (primary N) is 1. The molecule has 0 saturated carbocycles. The van der Waals surface area contributed by atoms with E-state index in [2.05, 4.69) is 18.7 Å². The molecule has 0 amide bonds. The summed E-state index contributed by atoms with van der Waals surface area (Å²) in [5.41, 5.74) is 7.84. The van der Waals surface area contributed by atoms with E-state index in [0.29, 0.717) is 29.4 Å². The predicted molar refractivity (Wildman–Crippen MR) is 88.7 cm³/mol. The first-order chi connectivity index (χ1) is 10.5. The smallest absolute Gasteiger partial charge is 0.183 e. The molecule has 1 aliphatic heterocycles. The van der Waals surface area contributed by atoms with Crippen LogP contribution in [0.1, 0.15) is 25.8 Å². The number of rotatable bonds is 6. The van der Waals surface area contributed by atoms with E-state index in [1.165, 1.54) is 5.56 Å². The third kappa shape index (κ3) is 4.27. The van der Waals surface area contributed by atoms with E-state index in [1.807, 2.05) is 12.1 Å². The summed E-state index contributed by atoms with van der Waals surface area (Å²) in [6.45, 7) is 7.37. The van der Waals surface area contributed by atoms with Crippen molar-refractivity contribution in [3.05, 3.63) is 17.7 Å². The van der Waals surface area contributed by atoms with Gasteiger partial charge in [0.25, 0.3) is 0 Å². The van der Waals surface area contributed by atoms with E-state index in [-0.39, 0.29) is 0 Å². The van der Waals surface area contributed by atoms with Crippen LogP contribution in [0.3, 0.4) is 0 Å². The van der Waals surface area contributed by atoms with Crippen LogP contribution in [-0.4, -0.2) is 51.0 Å². The standard InChI is InChI=1S/C17H28N2O3/c1-12-10-19(11-13(2)22-12)7-5-6-14-8-15(18)17(21-4)16(9-14)20-3/h8-9,12-13H,5-7,10-11,18H2,1-4H3. The van der Waals surface area contributed by atoms with Crippen molar-refractivity contribution < 1.29 is 14.2 Å². The lowest BCUT2D eigenvalue weighted by Crippen LogP contribution is -2.45. The summed E-state index contributed by atoms with van der Waals surface area (Å²) >= 11 is 0. The van der Waals surface area contributed by atoms with Crippen LogP contribution in [0.5, 0.6) is 11.5 Å². The fourth-order valence-electron chi connectivity index (χ4n) is 3.17. The van der Waals surface area contributed by atoms with Gasteiger partial charge in [-0.1, -0.05) is 0 Å². The number of anilines is 1. The highest BCUT2D eigenvalue weighted by Crippen LogP contribution is 2.34. The summed E-state index contributed by atoms with van der Waals surface area (Å²) in [4.78, 5) is 2.48. The molecule has 1 fully saturated rings. The quantitative estimate of drug-likeness (QED) is 0.817. The summed E-state index contributed by atoms with van der Waals surface area (Å²) in [7, 11) is 3.24. The molecule has 124 valence electrons. The zero-order valence-corrected chi connectivity index (χ0v) is 14.1. The average Bonchev–Trinajstić information content (AvgIpc) is 2.45. The van der Waals surface area contributed by atoms with E-state index in [1.54, 1.807) is 14.2 Å². The lowest BCUT2D eigenvalue weighted by atomic mass is 10.1. The van der Waals surface area contributed by atoms with Crippen molar-refractivity contribution in [2.45, 2.75) is 38.9 Å². The Kier molecular flexibility index (Phi) is 5.91. The molecular weight excluding hydrogens is 280 g/mol. The van der Waals surface area contributed by atoms with E-state index >= 15 is 0 Å². The highest BCUT2D eigenvalue weighted by atomic mass is 16.5. The molecule has 1 heterocycles. The number of aryl methyl sites for hydroxylation is 1. The third-order valence-corrected chi connectivity index (χ3v) is 4.00. The maximum Gasteiger partial charge on any atom is 0.183 e. The van der Waals surface area contributed by atoms with Crippen molar-refractivity contribution in [3.63, 3.8) is 0 Å². The van der Waals surface area contributed by atoms with E-state index in [9.17, 15) is 0 Å². The molecule has 2 N–H and O–H groups in total. The van der Waals surface area contributed by atoms with Gasteiger partial charge >= 0.3 is 0 Å². The fraction of sp³-hybridized carbons (Fsp3) is 0.647. The summed E-state index contributed by atoms with van der Waals surface area (Å²) in [5, 5.41) is 0. The fourth-order valence-corrected chi connectivity index (χ4v) is 3.17. The number of nitrogens with zero attached hydrogens (tertiary/aromatic N) is 1. The van der Waals surface area contributed by atoms with Gasteiger partial charge in [0.1, 0.15) is 0 Å². The molecule has 0 bridgehead atoms. The molecule has 5 heteroatoms. The Morgan fingerprint density at radius 3 is 2.45 bits per heavy atom. The molecule has 2 unspecified atom stereocenters. The van der Waals surface area contributed by atoms with Gasteiger partial charge in [0.05, 0.1) is 32.1 Å². The Morgan fingerprint density at radius 2 is 1.86 bits per heavy atom. The molecule has 0 spiro atoms. The van der Waals surface area contributed by atoms with Crippen LogP contribution in [-0.2, 0) is 11.2 Å². The highest BCUT2D eigenvalue weighted by Gasteiger charge is 2.21. The molecule has 1 aromatic carbocycles. The first kappa shape index (κ1) is 16.9. The number of morpholine rings is 1. The molecule has 1 aromatic rings. The van der Waals surface area contributed by atoms with Crippen LogP contribution in [0.25, 0.3) is 0 Å². The van der Waals surface area contributed by atoms with Gasteiger partial charge in [-0.3, -0.25) is 4.90 Å². The van der Waals surface area contributed by atoms with Gasteiger partial charge in [0, 0.05) is 13.1 Å². The Labute approximate surface area is 133 Å².